The van der Waals surface area contributed by atoms with Crippen LogP contribution in [0.25, 0.3) is 0 Å². The van der Waals surface area contributed by atoms with Crippen molar-refractivity contribution in [1.29, 1.82) is 0 Å². The van der Waals surface area contributed by atoms with Crippen molar-refractivity contribution in [2.24, 2.45) is 0 Å². The summed E-state index contributed by atoms with van der Waals surface area (Å²) in [5.41, 5.74) is 0. The van der Waals surface area contributed by atoms with Gasteiger partial charge in [0.1, 0.15) is 0 Å². The summed E-state index contributed by atoms with van der Waals surface area (Å²) in [6, 6.07) is 1.18. The number of nitrogens with zero attached hydrogens (tertiary/aromatic N) is 2. The molecule has 2 atom stereocenters. The van der Waals surface area contributed by atoms with Crippen LogP contribution in [0.1, 0.15) is 26.7 Å². The molecular weight excluding hydrogens is 164 g/mol. The van der Waals surface area contributed by atoms with Gasteiger partial charge in [0, 0.05) is 31.6 Å². The molecule has 1 amide bonds. The number of hydrogen-bond donors (Lipinski definition) is 0. The van der Waals surface area contributed by atoms with Crippen LogP contribution in [0.5, 0.6) is 0 Å². The average Bonchev–Trinajstić information content (AvgIpc) is 2.74. The van der Waals surface area contributed by atoms with Crippen LogP contribution >= 0.6 is 0 Å². The first-order chi connectivity index (χ1) is 6.26. The molecular formula is C10H18N2O. The first-order valence-corrected chi connectivity index (χ1v) is 5.29. The van der Waals surface area contributed by atoms with Crippen LogP contribution in [0.3, 0.4) is 0 Å². The zero-order valence-electron chi connectivity index (χ0n) is 8.49. The number of likely N-dealkylation sites (N-methyl/N-ethyl adjacent to an activating group) is 1. The number of hydrogen-bond acceptors (Lipinski definition) is 2. The maximum atomic E-state index is 11.5. The molecule has 0 aromatic heterocycles. The summed E-state index contributed by atoms with van der Waals surface area (Å²) >= 11 is 0. The molecule has 3 heteroatoms. The lowest BCUT2D eigenvalue weighted by Crippen LogP contribution is -2.48. The maximum absolute atomic E-state index is 11.5. The van der Waals surface area contributed by atoms with Gasteiger partial charge in [-0.3, -0.25) is 9.69 Å². The van der Waals surface area contributed by atoms with E-state index in [4.69, 9.17) is 0 Å². The second-order valence-electron chi connectivity index (χ2n) is 4.03. The molecule has 2 rings (SSSR count). The van der Waals surface area contributed by atoms with E-state index in [0.29, 0.717) is 24.4 Å². The normalized spacial score (nSPS) is 32.9. The van der Waals surface area contributed by atoms with Crippen LogP contribution in [-0.4, -0.2) is 47.4 Å². The van der Waals surface area contributed by atoms with Crippen molar-refractivity contribution in [3.8, 4) is 0 Å². The van der Waals surface area contributed by atoms with Gasteiger partial charge in [-0.05, 0) is 13.0 Å². The van der Waals surface area contributed by atoms with E-state index < -0.39 is 0 Å². The predicted octanol–water partition coefficient (Wildman–Crippen LogP) is 0.701. The number of carbonyl (C=O) groups is 1. The molecule has 0 aromatic rings. The van der Waals surface area contributed by atoms with E-state index in [-0.39, 0.29) is 0 Å². The second-order valence-corrected chi connectivity index (χ2v) is 4.03. The molecule has 0 N–H and O–H groups in total. The highest BCUT2D eigenvalue weighted by molar-refractivity contribution is 5.76. The zero-order chi connectivity index (χ0) is 9.42. The standard InChI is InChI=1S/C10H18N2O/c1-3-10(13)12-7-8-5-9(12)6-11(8)4-2/h8-9H,3-7H2,1-2H3/t8-,9-/m1/s1. The molecule has 2 saturated heterocycles. The molecule has 2 aliphatic rings. The molecule has 0 unspecified atom stereocenters. The molecule has 0 radical (unpaired) electrons. The van der Waals surface area contributed by atoms with Gasteiger partial charge in [0.05, 0.1) is 0 Å². The number of piperazine rings is 1. The van der Waals surface area contributed by atoms with E-state index >= 15 is 0 Å². The summed E-state index contributed by atoms with van der Waals surface area (Å²) in [6.07, 6.45) is 1.87. The molecule has 2 fully saturated rings. The lowest BCUT2D eigenvalue weighted by Gasteiger charge is -2.33. The summed E-state index contributed by atoms with van der Waals surface area (Å²) < 4.78 is 0. The fraction of sp³-hybridized carbons (Fsp3) is 0.900. The minimum Gasteiger partial charge on any atom is -0.337 e. The summed E-state index contributed by atoms with van der Waals surface area (Å²) in [4.78, 5) is 16.1. The summed E-state index contributed by atoms with van der Waals surface area (Å²) in [5.74, 6) is 0.336. The largest absolute Gasteiger partial charge is 0.337 e. The number of amides is 1. The number of rotatable bonds is 2. The monoisotopic (exact) mass is 182 g/mol. The summed E-state index contributed by atoms with van der Waals surface area (Å²) in [6.45, 7) is 7.37. The van der Waals surface area contributed by atoms with Gasteiger partial charge in [0.15, 0.2) is 0 Å². The van der Waals surface area contributed by atoms with Gasteiger partial charge in [-0.15, -0.1) is 0 Å². The van der Waals surface area contributed by atoms with Gasteiger partial charge in [-0.25, -0.2) is 0 Å². The van der Waals surface area contributed by atoms with Gasteiger partial charge >= 0.3 is 0 Å². The Morgan fingerprint density at radius 3 is 2.54 bits per heavy atom. The minimum atomic E-state index is 0.336. The SMILES string of the molecule is CCC(=O)N1C[C@H]2C[C@@H]1CN2CC. The predicted molar refractivity (Wildman–Crippen MR) is 51.4 cm³/mol. The van der Waals surface area contributed by atoms with E-state index in [1.807, 2.05) is 6.92 Å². The van der Waals surface area contributed by atoms with Crippen LogP contribution < -0.4 is 0 Å². The Morgan fingerprint density at radius 2 is 2.08 bits per heavy atom. The van der Waals surface area contributed by atoms with Crippen molar-refractivity contribution in [3.63, 3.8) is 0 Å². The van der Waals surface area contributed by atoms with Gasteiger partial charge in [0.25, 0.3) is 0 Å². The fourth-order valence-electron chi connectivity index (χ4n) is 2.65. The molecule has 0 aromatic carbocycles. The molecule has 2 aliphatic heterocycles. The average molecular weight is 182 g/mol. The van der Waals surface area contributed by atoms with Crippen molar-refractivity contribution in [2.75, 3.05) is 19.6 Å². The van der Waals surface area contributed by atoms with Crippen LogP contribution in [-0.2, 0) is 4.79 Å². The zero-order valence-corrected chi connectivity index (χ0v) is 8.49. The second kappa shape index (κ2) is 3.29. The van der Waals surface area contributed by atoms with Gasteiger partial charge in [-0.2, -0.15) is 0 Å². The Labute approximate surface area is 79.7 Å². The molecule has 2 heterocycles. The van der Waals surface area contributed by atoms with Crippen LogP contribution in [0.2, 0.25) is 0 Å². The third-order valence-corrected chi connectivity index (χ3v) is 3.38. The van der Waals surface area contributed by atoms with E-state index in [9.17, 15) is 4.79 Å². The van der Waals surface area contributed by atoms with Crippen molar-refractivity contribution < 1.29 is 4.79 Å². The third-order valence-electron chi connectivity index (χ3n) is 3.38. The smallest absolute Gasteiger partial charge is 0.222 e. The number of carbonyl (C=O) groups excluding carboxylic acids is 1. The molecule has 3 nitrogen and oxygen atoms in total. The number of likely N-dealkylation sites (tertiary alicyclic amines) is 2. The molecule has 2 bridgehead atoms. The Bertz CT molecular complexity index is 217. The van der Waals surface area contributed by atoms with Gasteiger partial charge in [-0.1, -0.05) is 13.8 Å². The first-order valence-electron chi connectivity index (χ1n) is 5.29. The molecule has 0 spiro atoms. The first kappa shape index (κ1) is 9.00. The lowest BCUT2D eigenvalue weighted by atomic mass is 10.2. The molecule has 13 heavy (non-hydrogen) atoms. The maximum Gasteiger partial charge on any atom is 0.222 e. The van der Waals surface area contributed by atoms with E-state index in [2.05, 4.69) is 16.7 Å². The summed E-state index contributed by atoms with van der Waals surface area (Å²) in [7, 11) is 0. The van der Waals surface area contributed by atoms with Gasteiger partial charge < -0.3 is 4.90 Å². The van der Waals surface area contributed by atoms with E-state index in [1.54, 1.807) is 0 Å². The van der Waals surface area contributed by atoms with Crippen LogP contribution in [0, 0.1) is 0 Å². The Kier molecular flexibility index (Phi) is 2.28. The quantitative estimate of drug-likeness (QED) is 0.627. The Hall–Kier alpha value is -0.570. The molecule has 0 aliphatic carbocycles. The fourth-order valence-corrected chi connectivity index (χ4v) is 2.65. The van der Waals surface area contributed by atoms with Crippen molar-refractivity contribution >= 4 is 5.91 Å². The number of fused-ring (bicyclic) bond motifs is 2. The van der Waals surface area contributed by atoms with E-state index in [1.165, 1.54) is 6.42 Å². The van der Waals surface area contributed by atoms with Crippen molar-refractivity contribution in [1.82, 2.24) is 9.80 Å². The third kappa shape index (κ3) is 1.35. The van der Waals surface area contributed by atoms with Crippen LogP contribution in [0.4, 0.5) is 0 Å². The van der Waals surface area contributed by atoms with E-state index in [0.717, 1.165) is 19.6 Å². The lowest BCUT2D eigenvalue weighted by molar-refractivity contribution is -0.133. The highest BCUT2D eigenvalue weighted by Gasteiger charge is 2.43. The molecule has 74 valence electrons. The topological polar surface area (TPSA) is 23.6 Å². The van der Waals surface area contributed by atoms with Crippen LogP contribution in [0.15, 0.2) is 0 Å². The summed E-state index contributed by atoms with van der Waals surface area (Å²) in [5, 5.41) is 0. The Balaban J connectivity index is 1.99. The highest BCUT2D eigenvalue weighted by atomic mass is 16.2. The van der Waals surface area contributed by atoms with Crippen molar-refractivity contribution in [3.05, 3.63) is 0 Å². The van der Waals surface area contributed by atoms with Crippen molar-refractivity contribution in [2.45, 2.75) is 38.8 Å². The Morgan fingerprint density at radius 1 is 1.31 bits per heavy atom. The minimum absolute atomic E-state index is 0.336. The highest BCUT2D eigenvalue weighted by Crippen LogP contribution is 2.30. The molecule has 0 saturated carbocycles. The van der Waals surface area contributed by atoms with Gasteiger partial charge in [0.2, 0.25) is 5.91 Å².